The van der Waals surface area contributed by atoms with E-state index in [9.17, 15) is 0 Å². The first-order chi connectivity index (χ1) is 10.9. The Morgan fingerprint density at radius 2 is 1.35 bits per heavy atom. The third-order valence-electron chi connectivity index (χ3n) is 4.26. The molecule has 0 heterocycles. The van der Waals surface area contributed by atoms with Gasteiger partial charge in [-0.1, -0.05) is 104 Å². The van der Waals surface area contributed by atoms with E-state index in [2.05, 4.69) is 104 Å². The van der Waals surface area contributed by atoms with Crippen molar-refractivity contribution in [1.82, 2.24) is 0 Å². The quantitative estimate of drug-likeness (QED) is 0.517. The minimum absolute atomic E-state index is 0.0573. The number of rotatable bonds is 6. The van der Waals surface area contributed by atoms with Crippen molar-refractivity contribution in [3.63, 3.8) is 0 Å². The van der Waals surface area contributed by atoms with Gasteiger partial charge in [0, 0.05) is 11.9 Å². The lowest BCUT2D eigenvalue weighted by Gasteiger charge is -2.43. The Bertz CT molecular complexity index is 553. The Balaban J connectivity index is 2.60. The van der Waals surface area contributed by atoms with Gasteiger partial charge in [-0.25, -0.2) is 0 Å². The Labute approximate surface area is 150 Å². The summed E-state index contributed by atoms with van der Waals surface area (Å²) < 4.78 is 6.83. The lowest BCUT2D eigenvalue weighted by Crippen LogP contribution is -2.66. The smallest absolute Gasteiger partial charge is 0.261 e. The Morgan fingerprint density at radius 3 is 1.70 bits per heavy atom. The minimum Gasteiger partial charge on any atom is -0.407 e. The van der Waals surface area contributed by atoms with Gasteiger partial charge in [0.15, 0.2) is 0 Å². The fraction of sp³-hybridized carbons (Fsp3) is 0.400. The van der Waals surface area contributed by atoms with Crippen LogP contribution in [-0.4, -0.2) is 20.3 Å². The van der Waals surface area contributed by atoms with Crippen LogP contribution < -0.4 is 10.4 Å². The van der Waals surface area contributed by atoms with Gasteiger partial charge in [-0.2, -0.15) is 0 Å². The maximum atomic E-state index is 6.83. The molecule has 0 aromatic heterocycles. The van der Waals surface area contributed by atoms with Gasteiger partial charge in [0.25, 0.3) is 8.32 Å². The molecule has 2 aromatic rings. The van der Waals surface area contributed by atoms with Gasteiger partial charge in [-0.05, 0) is 21.3 Å². The number of hydrogen-bond acceptors (Lipinski definition) is 1. The highest BCUT2D eigenvalue weighted by molar-refractivity contribution is 9.09. The summed E-state index contributed by atoms with van der Waals surface area (Å²) in [5.41, 5.74) is 0. The van der Waals surface area contributed by atoms with Crippen molar-refractivity contribution in [2.24, 2.45) is 5.92 Å². The van der Waals surface area contributed by atoms with Crippen LogP contribution in [0.25, 0.3) is 0 Å². The summed E-state index contributed by atoms with van der Waals surface area (Å²) in [5.74, 6) is 0.497. The van der Waals surface area contributed by atoms with Gasteiger partial charge in [0.2, 0.25) is 0 Å². The van der Waals surface area contributed by atoms with Crippen LogP contribution in [0.1, 0.15) is 27.7 Å². The third kappa shape index (κ3) is 3.96. The molecule has 0 amide bonds. The van der Waals surface area contributed by atoms with E-state index in [0.717, 1.165) is 11.9 Å². The van der Waals surface area contributed by atoms with Crippen LogP contribution in [0.3, 0.4) is 0 Å². The van der Waals surface area contributed by atoms with E-state index in [1.165, 1.54) is 10.4 Å². The first-order valence-corrected chi connectivity index (χ1v) is 11.3. The summed E-state index contributed by atoms with van der Waals surface area (Å²) >= 11 is 3.58. The number of benzene rings is 2. The van der Waals surface area contributed by atoms with Gasteiger partial charge >= 0.3 is 0 Å². The second kappa shape index (κ2) is 7.78. The maximum Gasteiger partial charge on any atom is 0.261 e. The van der Waals surface area contributed by atoms with E-state index in [1.54, 1.807) is 0 Å². The standard InChI is InChI=1S/C20H27BrOSi/c1-17(15-21)16-22-23(20(2,3)4,18-11-7-5-8-12-18)19-13-9-6-10-14-19/h5-14,17H,15-16H2,1-4H3. The summed E-state index contributed by atoms with van der Waals surface area (Å²) in [6.45, 7) is 9.96. The highest BCUT2D eigenvalue weighted by Crippen LogP contribution is 2.37. The van der Waals surface area contributed by atoms with Crippen LogP contribution in [0, 0.1) is 5.92 Å². The molecule has 3 heteroatoms. The van der Waals surface area contributed by atoms with E-state index < -0.39 is 8.32 Å². The average molecular weight is 391 g/mol. The van der Waals surface area contributed by atoms with Crippen LogP contribution in [0.2, 0.25) is 5.04 Å². The lowest BCUT2D eigenvalue weighted by molar-refractivity contribution is 0.258. The third-order valence-corrected chi connectivity index (χ3v) is 10.4. The zero-order chi connectivity index (χ0) is 16.9. The van der Waals surface area contributed by atoms with Crippen molar-refractivity contribution < 1.29 is 4.43 Å². The van der Waals surface area contributed by atoms with Gasteiger partial charge in [-0.3, -0.25) is 0 Å². The predicted octanol–water partition coefficient (Wildman–Crippen LogP) is 4.59. The second-order valence-corrected chi connectivity index (χ2v) is 12.2. The van der Waals surface area contributed by atoms with E-state index in [-0.39, 0.29) is 5.04 Å². The van der Waals surface area contributed by atoms with Crippen molar-refractivity contribution >= 4 is 34.6 Å². The largest absolute Gasteiger partial charge is 0.407 e. The number of halogens is 1. The first kappa shape index (κ1) is 18.4. The van der Waals surface area contributed by atoms with Gasteiger partial charge in [-0.15, -0.1) is 0 Å². The van der Waals surface area contributed by atoms with Crippen molar-refractivity contribution in [3.8, 4) is 0 Å². The summed E-state index contributed by atoms with van der Waals surface area (Å²) in [5, 5.41) is 3.72. The molecule has 0 bridgehead atoms. The van der Waals surface area contributed by atoms with Gasteiger partial charge in [0.05, 0.1) is 0 Å². The Morgan fingerprint density at radius 1 is 0.913 bits per heavy atom. The number of hydrogen-bond donors (Lipinski definition) is 0. The zero-order valence-corrected chi connectivity index (χ0v) is 17.1. The topological polar surface area (TPSA) is 9.23 Å². The Hall–Kier alpha value is -0.903. The van der Waals surface area contributed by atoms with E-state index >= 15 is 0 Å². The monoisotopic (exact) mass is 390 g/mol. The SMILES string of the molecule is CC(CBr)CO[Si](c1ccccc1)(c1ccccc1)C(C)(C)C. The molecule has 2 aromatic carbocycles. The molecule has 0 aliphatic carbocycles. The first-order valence-electron chi connectivity index (χ1n) is 8.23. The summed E-state index contributed by atoms with van der Waals surface area (Å²) in [6.07, 6.45) is 0. The molecular weight excluding hydrogens is 364 g/mol. The zero-order valence-electron chi connectivity index (χ0n) is 14.6. The molecule has 0 saturated heterocycles. The molecule has 124 valence electrons. The molecule has 0 aliphatic heterocycles. The van der Waals surface area contributed by atoms with Crippen LogP contribution in [0.15, 0.2) is 60.7 Å². The molecule has 0 saturated carbocycles. The molecule has 2 rings (SSSR count). The predicted molar refractivity (Wildman–Crippen MR) is 107 cm³/mol. The van der Waals surface area contributed by atoms with Crippen molar-refractivity contribution in [2.75, 3.05) is 11.9 Å². The van der Waals surface area contributed by atoms with Gasteiger partial charge in [0.1, 0.15) is 0 Å². The van der Waals surface area contributed by atoms with Gasteiger partial charge < -0.3 is 4.43 Å². The van der Waals surface area contributed by atoms with Crippen LogP contribution in [0.4, 0.5) is 0 Å². The molecule has 23 heavy (non-hydrogen) atoms. The molecule has 0 radical (unpaired) electrons. The molecule has 1 atom stereocenters. The van der Waals surface area contributed by atoms with Crippen molar-refractivity contribution in [1.29, 1.82) is 0 Å². The fourth-order valence-electron chi connectivity index (χ4n) is 3.07. The molecule has 1 unspecified atom stereocenters. The number of alkyl halides is 1. The molecule has 0 aliphatic rings. The summed E-state index contributed by atoms with van der Waals surface area (Å²) in [7, 11) is -2.35. The average Bonchev–Trinajstić information content (AvgIpc) is 2.56. The van der Waals surface area contributed by atoms with Crippen molar-refractivity contribution in [2.45, 2.75) is 32.7 Å². The fourth-order valence-corrected chi connectivity index (χ4v) is 7.95. The van der Waals surface area contributed by atoms with Crippen LogP contribution in [0.5, 0.6) is 0 Å². The minimum atomic E-state index is -2.35. The van der Waals surface area contributed by atoms with Crippen LogP contribution >= 0.6 is 15.9 Å². The van der Waals surface area contributed by atoms with E-state index in [0.29, 0.717) is 5.92 Å². The molecule has 0 N–H and O–H groups in total. The molecule has 1 nitrogen and oxygen atoms in total. The second-order valence-electron chi connectivity index (χ2n) is 7.23. The normalized spacial score (nSPS) is 13.8. The van der Waals surface area contributed by atoms with E-state index in [4.69, 9.17) is 4.43 Å². The molecule has 0 spiro atoms. The van der Waals surface area contributed by atoms with Crippen molar-refractivity contribution in [3.05, 3.63) is 60.7 Å². The molecule has 0 fully saturated rings. The highest BCUT2D eigenvalue weighted by atomic mass is 79.9. The lowest BCUT2D eigenvalue weighted by atomic mass is 10.2. The van der Waals surface area contributed by atoms with Crippen LogP contribution in [-0.2, 0) is 4.43 Å². The van der Waals surface area contributed by atoms with E-state index in [1.807, 2.05) is 0 Å². The molecular formula is C20H27BrOSi. The Kier molecular flexibility index (Phi) is 6.23. The summed E-state index contributed by atoms with van der Waals surface area (Å²) in [6, 6.07) is 21.6. The summed E-state index contributed by atoms with van der Waals surface area (Å²) in [4.78, 5) is 0. The highest BCUT2D eigenvalue weighted by Gasteiger charge is 2.50. The maximum absolute atomic E-state index is 6.83.